The highest BCUT2D eigenvalue weighted by Crippen LogP contribution is 2.20. The average Bonchev–Trinajstić information content (AvgIpc) is 3.10. The van der Waals surface area contributed by atoms with Crippen LogP contribution in [-0.2, 0) is 4.74 Å². The summed E-state index contributed by atoms with van der Waals surface area (Å²) in [5, 5.41) is 17.7. The van der Waals surface area contributed by atoms with Gasteiger partial charge in [-0.15, -0.1) is 11.3 Å². The highest BCUT2D eigenvalue weighted by Gasteiger charge is 2.11. The summed E-state index contributed by atoms with van der Waals surface area (Å²) >= 11 is 1.46. The van der Waals surface area contributed by atoms with Crippen molar-refractivity contribution in [3.63, 3.8) is 0 Å². The second kappa shape index (κ2) is 9.02. The fraction of sp³-hybridized carbons (Fsp3) is 0.158. The van der Waals surface area contributed by atoms with Crippen LogP contribution in [0, 0.1) is 10.1 Å². The SMILES string of the molecule is COCCN=c1scc(-c2ccccc2)n1/N=C\c1ccccc1[N+](=O)[O-]. The van der Waals surface area contributed by atoms with Crippen LogP contribution in [0.2, 0.25) is 0 Å². The van der Waals surface area contributed by atoms with Crippen LogP contribution in [0.25, 0.3) is 11.3 Å². The van der Waals surface area contributed by atoms with E-state index >= 15 is 0 Å². The van der Waals surface area contributed by atoms with Gasteiger partial charge in [0.15, 0.2) is 0 Å². The third-order valence-corrected chi connectivity index (χ3v) is 4.60. The second-order valence-electron chi connectivity index (χ2n) is 5.52. The molecule has 0 bridgehead atoms. The number of para-hydroxylation sites is 1. The Hall–Kier alpha value is -3.10. The fourth-order valence-electron chi connectivity index (χ4n) is 2.44. The second-order valence-corrected chi connectivity index (χ2v) is 6.35. The van der Waals surface area contributed by atoms with Crippen LogP contribution in [0.3, 0.4) is 0 Å². The van der Waals surface area contributed by atoms with Gasteiger partial charge in [-0.05, 0) is 6.07 Å². The van der Waals surface area contributed by atoms with Crippen molar-refractivity contribution in [1.29, 1.82) is 0 Å². The Morgan fingerprint density at radius 3 is 2.67 bits per heavy atom. The van der Waals surface area contributed by atoms with E-state index < -0.39 is 4.92 Å². The molecule has 8 heteroatoms. The average molecular weight is 382 g/mol. The standard InChI is InChI=1S/C19H18N4O3S/c1-26-12-11-20-19-22(18(14-27-19)15-7-3-2-4-8-15)21-13-16-9-5-6-10-17(16)23(24)25/h2-10,13-14H,11-12H2,1H3/b20-19?,21-13-. The topological polar surface area (TPSA) is 82.0 Å². The molecule has 0 spiro atoms. The minimum absolute atomic E-state index is 0.0104. The van der Waals surface area contributed by atoms with E-state index in [0.717, 1.165) is 11.3 Å². The number of nitro benzene ring substituents is 1. The first-order valence-electron chi connectivity index (χ1n) is 8.24. The normalized spacial score (nSPS) is 12.0. The van der Waals surface area contributed by atoms with Crippen molar-refractivity contribution < 1.29 is 9.66 Å². The van der Waals surface area contributed by atoms with Gasteiger partial charge in [0.1, 0.15) is 0 Å². The molecule has 0 saturated heterocycles. The largest absolute Gasteiger partial charge is 0.383 e. The Bertz CT molecular complexity index is 1010. The van der Waals surface area contributed by atoms with E-state index in [4.69, 9.17) is 4.74 Å². The molecule has 0 aliphatic heterocycles. The van der Waals surface area contributed by atoms with Gasteiger partial charge in [-0.3, -0.25) is 15.1 Å². The van der Waals surface area contributed by atoms with Gasteiger partial charge < -0.3 is 4.74 Å². The van der Waals surface area contributed by atoms with E-state index in [-0.39, 0.29) is 5.69 Å². The van der Waals surface area contributed by atoms with Gasteiger partial charge in [-0.25, -0.2) is 4.68 Å². The number of nitro groups is 1. The summed E-state index contributed by atoms with van der Waals surface area (Å²) in [5.74, 6) is 0. The van der Waals surface area contributed by atoms with Gasteiger partial charge in [0.05, 0.1) is 35.5 Å². The first kappa shape index (κ1) is 18.7. The molecule has 0 fully saturated rings. The van der Waals surface area contributed by atoms with Crippen molar-refractivity contribution in [3.8, 4) is 11.3 Å². The molecule has 1 heterocycles. The molecule has 0 amide bonds. The Balaban J connectivity index is 2.06. The van der Waals surface area contributed by atoms with Crippen LogP contribution in [0.1, 0.15) is 5.56 Å². The Morgan fingerprint density at radius 2 is 1.93 bits per heavy atom. The van der Waals surface area contributed by atoms with Crippen LogP contribution in [0.4, 0.5) is 5.69 Å². The number of thiazole rings is 1. The van der Waals surface area contributed by atoms with Crippen molar-refractivity contribution in [2.75, 3.05) is 20.3 Å². The van der Waals surface area contributed by atoms with Crippen LogP contribution in [0.5, 0.6) is 0 Å². The number of hydrogen-bond donors (Lipinski definition) is 0. The predicted octanol–water partition coefficient (Wildman–Crippen LogP) is 3.55. The minimum Gasteiger partial charge on any atom is -0.383 e. The number of nitrogens with zero attached hydrogens (tertiary/aromatic N) is 4. The van der Waals surface area contributed by atoms with E-state index in [0.29, 0.717) is 23.5 Å². The maximum absolute atomic E-state index is 11.2. The number of methoxy groups -OCH3 is 1. The van der Waals surface area contributed by atoms with Gasteiger partial charge in [0.2, 0.25) is 4.80 Å². The fourth-order valence-corrected chi connectivity index (χ4v) is 3.31. The van der Waals surface area contributed by atoms with Crippen molar-refractivity contribution in [2.45, 2.75) is 0 Å². The zero-order chi connectivity index (χ0) is 19.1. The minimum atomic E-state index is -0.415. The lowest BCUT2D eigenvalue weighted by molar-refractivity contribution is -0.385. The summed E-state index contributed by atoms with van der Waals surface area (Å²) < 4.78 is 6.76. The molecule has 0 aliphatic carbocycles. The first-order chi connectivity index (χ1) is 13.2. The molecule has 2 aromatic carbocycles. The molecule has 0 saturated carbocycles. The summed E-state index contributed by atoms with van der Waals surface area (Å²) in [5.41, 5.74) is 2.30. The maximum Gasteiger partial charge on any atom is 0.278 e. The summed E-state index contributed by atoms with van der Waals surface area (Å²) in [6.45, 7) is 1.01. The highest BCUT2D eigenvalue weighted by atomic mass is 32.1. The Morgan fingerprint density at radius 1 is 1.19 bits per heavy atom. The Kier molecular flexibility index (Phi) is 6.24. The summed E-state index contributed by atoms with van der Waals surface area (Å²) in [6, 6.07) is 16.3. The zero-order valence-electron chi connectivity index (χ0n) is 14.7. The number of hydrogen-bond acceptors (Lipinski definition) is 6. The lowest BCUT2D eigenvalue weighted by atomic mass is 10.2. The summed E-state index contributed by atoms with van der Waals surface area (Å²) in [7, 11) is 1.63. The quantitative estimate of drug-likeness (QED) is 0.271. The third kappa shape index (κ3) is 4.55. The summed E-state index contributed by atoms with van der Waals surface area (Å²) in [6.07, 6.45) is 1.49. The van der Waals surface area contributed by atoms with E-state index in [2.05, 4.69) is 10.1 Å². The van der Waals surface area contributed by atoms with E-state index in [1.165, 1.54) is 23.6 Å². The number of benzene rings is 2. The van der Waals surface area contributed by atoms with Crippen molar-refractivity contribution in [3.05, 3.63) is 80.5 Å². The molecule has 138 valence electrons. The molecule has 27 heavy (non-hydrogen) atoms. The van der Waals surface area contributed by atoms with Gasteiger partial charge in [-0.1, -0.05) is 42.5 Å². The van der Waals surface area contributed by atoms with E-state index in [9.17, 15) is 10.1 Å². The molecule has 3 aromatic rings. The molecule has 1 aromatic heterocycles. The van der Waals surface area contributed by atoms with Gasteiger partial charge in [0.25, 0.3) is 5.69 Å². The lowest BCUT2D eigenvalue weighted by Crippen LogP contribution is -2.14. The van der Waals surface area contributed by atoms with E-state index in [1.807, 2.05) is 35.7 Å². The van der Waals surface area contributed by atoms with Crippen LogP contribution >= 0.6 is 11.3 Å². The van der Waals surface area contributed by atoms with E-state index in [1.54, 1.807) is 30.0 Å². The third-order valence-electron chi connectivity index (χ3n) is 3.74. The van der Waals surface area contributed by atoms with Gasteiger partial charge >= 0.3 is 0 Å². The molecule has 0 atom stereocenters. The molecular weight excluding hydrogens is 364 g/mol. The smallest absolute Gasteiger partial charge is 0.278 e. The van der Waals surface area contributed by atoms with Crippen molar-refractivity contribution in [2.24, 2.45) is 10.1 Å². The lowest BCUT2D eigenvalue weighted by Gasteiger charge is -2.03. The zero-order valence-corrected chi connectivity index (χ0v) is 15.5. The molecule has 0 unspecified atom stereocenters. The van der Waals surface area contributed by atoms with Crippen LogP contribution in [-0.4, -0.2) is 36.1 Å². The van der Waals surface area contributed by atoms with Gasteiger partial charge in [0, 0.05) is 24.1 Å². The molecule has 0 aliphatic rings. The highest BCUT2D eigenvalue weighted by molar-refractivity contribution is 7.07. The molecular formula is C19H18N4O3S. The molecule has 0 radical (unpaired) electrons. The molecule has 3 rings (SSSR count). The van der Waals surface area contributed by atoms with Crippen LogP contribution in [0.15, 0.2) is 70.1 Å². The van der Waals surface area contributed by atoms with Crippen molar-refractivity contribution in [1.82, 2.24) is 4.68 Å². The monoisotopic (exact) mass is 382 g/mol. The first-order valence-corrected chi connectivity index (χ1v) is 9.12. The van der Waals surface area contributed by atoms with Crippen molar-refractivity contribution >= 4 is 23.2 Å². The number of aromatic nitrogens is 1. The molecule has 7 nitrogen and oxygen atoms in total. The molecule has 0 N–H and O–H groups in total. The Labute approximate surface area is 160 Å². The summed E-state index contributed by atoms with van der Waals surface area (Å²) in [4.78, 5) is 16.0. The number of rotatable bonds is 7. The van der Waals surface area contributed by atoms with Gasteiger partial charge in [-0.2, -0.15) is 5.10 Å². The predicted molar refractivity (Wildman–Crippen MR) is 106 cm³/mol. The maximum atomic E-state index is 11.2. The van der Waals surface area contributed by atoms with Crippen LogP contribution < -0.4 is 4.80 Å². The number of ether oxygens (including phenoxy) is 1.